The second-order valence-electron chi connectivity index (χ2n) is 10.4. The van der Waals surface area contributed by atoms with Crippen LogP contribution in [0.15, 0.2) is 84.9 Å². The van der Waals surface area contributed by atoms with Crippen molar-refractivity contribution < 1.29 is 19.1 Å². The molecule has 2 heterocycles. The molecule has 5 nitrogen and oxygen atoms in total. The van der Waals surface area contributed by atoms with Crippen molar-refractivity contribution in [1.29, 1.82) is 0 Å². The quantitative estimate of drug-likeness (QED) is 0.513. The number of fused-ring (bicyclic) bond motifs is 7. The zero-order valence-corrected chi connectivity index (χ0v) is 20.2. The van der Waals surface area contributed by atoms with Gasteiger partial charge in [-0.25, -0.2) is 9.59 Å². The Morgan fingerprint density at radius 1 is 0.743 bits per heavy atom. The number of hydrogen-bond donors (Lipinski definition) is 0. The molecule has 5 heteroatoms. The molecule has 0 N–H and O–H groups in total. The van der Waals surface area contributed by atoms with Gasteiger partial charge in [0.05, 0.1) is 22.2 Å². The fourth-order valence-electron chi connectivity index (χ4n) is 7.10. The summed E-state index contributed by atoms with van der Waals surface area (Å²) in [7, 11) is 2.08. The van der Waals surface area contributed by atoms with Crippen molar-refractivity contribution in [2.24, 2.45) is 5.92 Å². The Morgan fingerprint density at radius 3 is 1.80 bits per heavy atom. The Labute approximate surface area is 205 Å². The number of nitrogens with zero attached hydrogens (tertiary/aromatic N) is 1. The van der Waals surface area contributed by atoms with Crippen LogP contribution < -0.4 is 0 Å². The molecular formula is C30H29NO4. The van der Waals surface area contributed by atoms with Crippen molar-refractivity contribution in [3.8, 4) is 0 Å². The Bertz CT molecular complexity index is 1290. The third-order valence-electron chi connectivity index (χ3n) is 8.97. The van der Waals surface area contributed by atoms with Crippen LogP contribution >= 0.6 is 0 Å². The molecule has 0 radical (unpaired) electrons. The SMILES string of the molecule is CN1C2(C)C3Cc4ccccc4C3C1(C)C(OC(=O)c1ccccc1)C2OC(=O)c1ccccc1. The minimum Gasteiger partial charge on any atom is -0.453 e. The van der Waals surface area contributed by atoms with Gasteiger partial charge in [0.15, 0.2) is 12.2 Å². The maximum absolute atomic E-state index is 13.3. The molecule has 6 rings (SSSR count). The van der Waals surface area contributed by atoms with Crippen molar-refractivity contribution in [3.63, 3.8) is 0 Å². The van der Waals surface area contributed by atoms with Crippen LogP contribution in [0.2, 0.25) is 0 Å². The number of rotatable bonds is 4. The summed E-state index contributed by atoms with van der Waals surface area (Å²) in [6.07, 6.45) is -0.311. The van der Waals surface area contributed by atoms with E-state index >= 15 is 0 Å². The molecule has 0 amide bonds. The molecule has 35 heavy (non-hydrogen) atoms. The molecule has 178 valence electrons. The van der Waals surface area contributed by atoms with Crippen molar-refractivity contribution in [1.82, 2.24) is 4.90 Å². The van der Waals surface area contributed by atoms with Crippen molar-refractivity contribution in [2.75, 3.05) is 7.05 Å². The monoisotopic (exact) mass is 467 g/mol. The molecule has 2 fully saturated rings. The molecule has 0 spiro atoms. The average molecular weight is 468 g/mol. The van der Waals surface area contributed by atoms with Gasteiger partial charge in [0.1, 0.15) is 0 Å². The molecule has 3 aromatic carbocycles. The Hall–Kier alpha value is -3.44. The minimum absolute atomic E-state index is 0.175. The lowest BCUT2D eigenvalue weighted by Crippen LogP contribution is -2.57. The highest BCUT2D eigenvalue weighted by Gasteiger charge is 2.78. The number of esters is 2. The van der Waals surface area contributed by atoms with Crippen LogP contribution in [-0.4, -0.2) is 47.2 Å². The van der Waals surface area contributed by atoms with Gasteiger partial charge in [0, 0.05) is 5.92 Å². The average Bonchev–Trinajstić information content (AvgIpc) is 3.42. The largest absolute Gasteiger partial charge is 0.453 e. The van der Waals surface area contributed by atoms with Crippen LogP contribution in [0.25, 0.3) is 0 Å². The van der Waals surface area contributed by atoms with Crippen LogP contribution in [0.1, 0.15) is 51.6 Å². The van der Waals surface area contributed by atoms with E-state index in [1.165, 1.54) is 11.1 Å². The van der Waals surface area contributed by atoms with Gasteiger partial charge in [-0.1, -0.05) is 60.7 Å². The van der Waals surface area contributed by atoms with E-state index in [0.29, 0.717) is 11.1 Å². The Kier molecular flexibility index (Phi) is 4.91. The van der Waals surface area contributed by atoms with Gasteiger partial charge in [0.2, 0.25) is 0 Å². The zero-order valence-electron chi connectivity index (χ0n) is 20.2. The summed E-state index contributed by atoms with van der Waals surface area (Å²) in [6, 6.07) is 26.6. The van der Waals surface area contributed by atoms with E-state index < -0.39 is 35.2 Å². The number of carbonyl (C=O) groups excluding carboxylic acids is 2. The lowest BCUT2D eigenvalue weighted by molar-refractivity contribution is -0.0778. The van der Waals surface area contributed by atoms with E-state index in [-0.39, 0.29) is 11.8 Å². The number of hydrogen-bond acceptors (Lipinski definition) is 5. The third kappa shape index (κ3) is 2.97. The third-order valence-corrected chi connectivity index (χ3v) is 8.97. The van der Waals surface area contributed by atoms with Crippen molar-refractivity contribution >= 4 is 11.9 Å². The predicted molar refractivity (Wildman–Crippen MR) is 132 cm³/mol. The molecule has 6 atom stereocenters. The summed E-state index contributed by atoms with van der Waals surface area (Å²) < 4.78 is 12.6. The molecule has 3 aliphatic rings. The molecule has 2 aliphatic heterocycles. The fraction of sp³-hybridized carbons (Fsp3) is 0.333. The highest BCUT2D eigenvalue weighted by molar-refractivity contribution is 5.90. The van der Waals surface area contributed by atoms with Gasteiger partial charge in [-0.15, -0.1) is 0 Å². The van der Waals surface area contributed by atoms with Gasteiger partial charge >= 0.3 is 11.9 Å². The van der Waals surface area contributed by atoms with Crippen LogP contribution in [0.3, 0.4) is 0 Å². The predicted octanol–water partition coefficient (Wildman–Crippen LogP) is 4.87. The molecule has 6 unspecified atom stereocenters. The topological polar surface area (TPSA) is 55.8 Å². The smallest absolute Gasteiger partial charge is 0.338 e. The lowest BCUT2D eigenvalue weighted by Gasteiger charge is -2.44. The Morgan fingerprint density at radius 2 is 1.23 bits per heavy atom. The molecular weight excluding hydrogens is 438 g/mol. The summed E-state index contributed by atoms with van der Waals surface area (Å²) in [5, 5.41) is 0. The summed E-state index contributed by atoms with van der Waals surface area (Å²) in [5.41, 5.74) is 2.59. The van der Waals surface area contributed by atoms with E-state index in [0.717, 1.165) is 6.42 Å². The summed E-state index contributed by atoms with van der Waals surface area (Å²) in [6.45, 7) is 4.33. The van der Waals surface area contributed by atoms with Crippen LogP contribution in [0.5, 0.6) is 0 Å². The zero-order chi connectivity index (χ0) is 24.4. The molecule has 1 aliphatic carbocycles. The number of benzene rings is 3. The van der Waals surface area contributed by atoms with Gasteiger partial charge in [0.25, 0.3) is 0 Å². The molecule has 0 aromatic heterocycles. The second-order valence-corrected chi connectivity index (χ2v) is 10.4. The van der Waals surface area contributed by atoms with Crippen LogP contribution in [0.4, 0.5) is 0 Å². The number of carbonyl (C=O) groups is 2. The molecule has 3 aromatic rings. The summed E-state index contributed by atoms with van der Waals surface area (Å²) >= 11 is 0. The van der Waals surface area contributed by atoms with Crippen LogP contribution in [0, 0.1) is 5.92 Å². The maximum atomic E-state index is 13.3. The van der Waals surface area contributed by atoms with Crippen molar-refractivity contribution in [3.05, 3.63) is 107 Å². The first-order chi connectivity index (χ1) is 16.9. The molecule has 2 bridgehead atoms. The normalized spacial score (nSPS) is 32.7. The minimum atomic E-state index is -0.620. The first-order valence-electron chi connectivity index (χ1n) is 12.2. The summed E-state index contributed by atoms with van der Waals surface area (Å²) in [4.78, 5) is 28.9. The molecule has 0 saturated carbocycles. The highest BCUT2D eigenvalue weighted by atomic mass is 16.6. The maximum Gasteiger partial charge on any atom is 0.338 e. The Balaban J connectivity index is 1.43. The number of likely N-dealkylation sites (N-methyl/N-ethyl adjacent to an activating group) is 1. The van der Waals surface area contributed by atoms with E-state index in [2.05, 4.69) is 50.1 Å². The van der Waals surface area contributed by atoms with Crippen LogP contribution in [-0.2, 0) is 15.9 Å². The lowest BCUT2D eigenvalue weighted by atomic mass is 9.65. The summed E-state index contributed by atoms with van der Waals surface area (Å²) in [5.74, 6) is -0.372. The van der Waals surface area contributed by atoms with E-state index in [4.69, 9.17) is 9.47 Å². The standard InChI is InChI=1S/C30H29NO4/c1-29-23-18-21-16-10-11-17-22(21)24(23)30(2,31(29)3)26(35-28(33)20-14-8-5-9-15-20)25(29)34-27(32)19-12-6-4-7-13-19/h4-17,23-26H,18H2,1-3H3. The van der Waals surface area contributed by atoms with E-state index in [1.54, 1.807) is 24.3 Å². The fourth-order valence-corrected chi connectivity index (χ4v) is 7.10. The molecule has 2 saturated heterocycles. The van der Waals surface area contributed by atoms with Gasteiger partial charge in [-0.2, -0.15) is 0 Å². The number of ether oxygens (including phenoxy) is 2. The van der Waals surface area contributed by atoms with Gasteiger partial charge in [-0.05, 0) is 68.6 Å². The first-order valence-corrected chi connectivity index (χ1v) is 12.2. The second kappa shape index (κ2) is 7.79. The van der Waals surface area contributed by atoms with E-state index in [9.17, 15) is 9.59 Å². The van der Waals surface area contributed by atoms with Gasteiger partial charge < -0.3 is 9.47 Å². The highest BCUT2D eigenvalue weighted by Crippen LogP contribution is 2.67. The van der Waals surface area contributed by atoms with E-state index in [1.807, 2.05) is 36.4 Å². The first kappa shape index (κ1) is 22.1. The van der Waals surface area contributed by atoms with Crippen molar-refractivity contribution in [2.45, 2.75) is 49.5 Å². The van der Waals surface area contributed by atoms with Gasteiger partial charge in [-0.3, -0.25) is 4.90 Å².